The summed E-state index contributed by atoms with van der Waals surface area (Å²) in [6.45, 7) is 3.88. The van der Waals surface area contributed by atoms with Gasteiger partial charge in [-0.3, -0.25) is 4.79 Å². The number of methoxy groups -OCH3 is 2. The average Bonchev–Trinajstić information content (AvgIpc) is 2.69. The lowest BCUT2D eigenvalue weighted by Crippen LogP contribution is -2.37. The third-order valence-electron chi connectivity index (χ3n) is 4.75. The number of carbonyl (C=O) groups excluding carboxylic acids is 1. The van der Waals surface area contributed by atoms with Crippen LogP contribution in [0.15, 0.2) is 36.5 Å². The Morgan fingerprint density at radius 1 is 1.15 bits per heavy atom. The van der Waals surface area contributed by atoms with Gasteiger partial charge in [-0.1, -0.05) is 6.92 Å². The Bertz CT molecular complexity index is 753. The van der Waals surface area contributed by atoms with Crippen molar-refractivity contribution in [1.29, 1.82) is 0 Å². The van der Waals surface area contributed by atoms with Gasteiger partial charge < -0.3 is 19.7 Å². The van der Waals surface area contributed by atoms with E-state index in [2.05, 4.69) is 17.2 Å². The number of benzene rings is 1. The Kier molecular flexibility index (Phi) is 5.61. The molecular formula is C20H25N3O3. The summed E-state index contributed by atoms with van der Waals surface area (Å²) in [7, 11) is 3.22. The van der Waals surface area contributed by atoms with Crippen molar-refractivity contribution in [3.63, 3.8) is 0 Å². The first-order valence-electron chi connectivity index (χ1n) is 8.85. The summed E-state index contributed by atoms with van der Waals surface area (Å²) < 4.78 is 10.6. The first-order valence-corrected chi connectivity index (χ1v) is 8.85. The van der Waals surface area contributed by atoms with Crippen LogP contribution in [-0.2, 0) is 0 Å². The van der Waals surface area contributed by atoms with Gasteiger partial charge in [-0.25, -0.2) is 4.98 Å². The standard InChI is InChI=1S/C20H25N3O3/c1-14-8-10-23(11-9-14)20(24)15-4-7-19(21-13-15)22-17-6-5-16(25-2)12-18(17)26-3/h4-7,12-14H,8-11H2,1-3H3,(H,21,22). The van der Waals surface area contributed by atoms with Gasteiger partial charge in [-0.2, -0.15) is 0 Å². The van der Waals surface area contributed by atoms with Crippen LogP contribution in [0.5, 0.6) is 11.5 Å². The van der Waals surface area contributed by atoms with Gasteiger partial charge in [0.2, 0.25) is 0 Å². The highest BCUT2D eigenvalue weighted by atomic mass is 16.5. The molecule has 1 N–H and O–H groups in total. The Balaban J connectivity index is 1.69. The molecule has 1 fully saturated rings. The normalized spacial score (nSPS) is 14.8. The van der Waals surface area contributed by atoms with Gasteiger partial charge in [0.05, 0.1) is 25.5 Å². The van der Waals surface area contributed by atoms with Crippen LogP contribution >= 0.6 is 0 Å². The molecule has 138 valence electrons. The predicted molar refractivity (Wildman–Crippen MR) is 101 cm³/mol. The summed E-state index contributed by atoms with van der Waals surface area (Å²) >= 11 is 0. The first-order chi connectivity index (χ1) is 12.6. The number of rotatable bonds is 5. The molecule has 1 amide bonds. The molecule has 0 unspecified atom stereocenters. The van der Waals surface area contributed by atoms with E-state index in [1.165, 1.54) is 0 Å². The van der Waals surface area contributed by atoms with Gasteiger partial charge in [0.15, 0.2) is 0 Å². The van der Waals surface area contributed by atoms with E-state index in [1.54, 1.807) is 26.5 Å². The number of nitrogens with one attached hydrogen (secondary N) is 1. The van der Waals surface area contributed by atoms with Crippen molar-refractivity contribution in [2.24, 2.45) is 5.92 Å². The number of piperidine rings is 1. The zero-order valence-electron chi connectivity index (χ0n) is 15.5. The van der Waals surface area contributed by atoms with Crippen LogP contribution in [0.3, 0.4) is 0 Å². The van der Waals surface area contributed by atoms with E-state index in [9.17, 15) is 4.79 Å². The Morgan fingerprint density at radius 3 is 2.54 bits per heavy atom. The lowest BCUT2D eigenvalue weighted by molar-refractivity contribution is 0.0697. The van der Waals surface area contributed by atoms with Gasteiger partial charge in [0.1, 0.15) is 17.3 Å². The minimum Gasteiger partial charge on any atom is -0.497 e. The zero-order chi connectivity index (χ0) is 18.5. The zero-order valence-corrected chi connectivity index (χ0v) is 15.5. The van der Waals surface area contributed by atoms with Crippen molar-refractivity contribution in [3.8, 4) is 11.5 Å². The van der Waals surface area contributed by atoms with E-state index in [0.29, 0.717) is 23.0 Å². The van der Waals surface area contributed by atoms with E-state index in [0.717, 1.165) is 37.4 Å². The van der Waals surface area contributed by atoms with E-state index in [-0.39, 0.29) is 5.91 Å². The number of likely N-dealkylation sites (tertiary alicyclic amines) is 1. The molecular weight excluding hydrogens is 330 g/mol. The fourth-order valence-electron chi connectivity index (χ4n) is 3.03. The number of ether oxygens (including phenoxy) is 2. The topological polar surface area (TPSA) is 63.7 Å². The van der Waals surface area contributed by atoms with Crippen LogP contribution in [0, 0.1) is 5.92 Å². The maximum absolute atomic E-state index is 12.6. The molecule has 0 atom stereocenters. The molecule has 1 aromatic heterocycles. The molecule has 3 rings (SSSR count). The maximum Gasteiger partial charge on any atom is 0.255 e. The van der Waals surface area contributed by atoms with E-state index >= 15 is 0 Å². The second kappa shape index (κ2) is 8.08. The van der Waals surface area contributed by atoms with Crippen molar-refractivity contribution >= 4 is 17.4 Å². The second-order valence-corrected chi connectivity index (χ2v) is 6.60. The molecule has 0 bridgehead atoms. The second-order valence-electron chi connectivity index (χ2n) is 6.60. The first kappa shape index (κ1) is 18.0. The van der Waals surface area contributed by atoms with Gasteiger partial charge in [-0.05, 0) is 43.0 Å². The number of pyridine rings is 1. The Labute approximate surface area is 154 Å². The molecule has 6 nitrogen and oxygen atoms in total. The van der Waals surface area contributed by atoms with Crippen molar-refractivity contribution in [2.75, 3.05) is 32.6 Å². The summed E-state index contributed by atoms with van der Waals surface area (Å²) in [5.41, 5.74) is 1.40. The highest BCUT2D eigenvalue weighted by molar-refractivity contribution is 5.94. The van der Waals surface area contributed by atoms with Gasteiger partial charge in [0.25, 0.3) is 5.91 Å². The molecule has 26 heavy (non-hydrogen) atoms. The van der Waals surface area contributed by atoms with Crippen LogP contribution in [0.2, 0.25) is 0 Å². The van der Waals surface area contributed by atoms with Gasteiger partial charge >= 0.3 is 0 Å². The van der Waals surface area contributed by atoms with Crippen LogP contribution in [0.4, 0.5) is 11.5 Å². The number of carbonyl (C=O) groups is 1. The average molecular weight is 355 g/mol. The lowest BCUT2D eigenvalue weighted by Gasteiger charge is -2.30. The third kappa shape index (κ3) is 4.07. The molecule has 0 spiro atoms. The largest absolute Gasteiger partial charge is 0.497 e. The van der Waals surface area contributed by atoms with Crippen LogP contribution in [0.1, 0.15) is 30.1 Å². The van der Waals surface area contributed by atoms with E-state index < -0.39 is 0 Å². The summed E-state index contributed by atoms with van der Waals surface area (Å²) in [6.07, 6.45) is 3.75. The Morgan fingerprint density at radius 2 is 1.92 bits per heavy atom. The van der Waals surface area contributed by atoms with Crippen LogP contribution < -0.4 is 14.8 Å². The minimum absolute atomic E-state index is 0.0537. The van der Waals surface area contributed by atoms with Gasteiger partial charge in [0, 0.05) is 25.4 Å². The number of amides is 1. The number of aromatic nitrogens is 1. The monoisotopic (exact) mass is 355 g/mol. The Hall–Kier alpha value is -2.76. The highest BCUT2D eigenvalue weighted by Crippen LogP contribution is 2.31. The summed E-state index contributed by atoms with van der Waals surface area (Å²) in [5, 5.41) is 3.21. The van der Waals surface area contributed by atoms with Crippen molar-refractivity contribution in [3.05, 3.63) is 42.1 Å². The number of nitrogens with zero attached hydrogens (tertiary/aromatic N) is 2. The van der Waals surface area contributed by atoms with E-state index in [4.69, 9.17) is 9.47 Å². The fraction of sp³-hybridized carbons (Fsp3) is 0.400. The van der Waals surface area contributed by atoms with Crippen LogP contribution in [-0.4, -0.2) is 43.1 Å². The molecule has 1 aliphatic rings. The third-order valence-corrected chi connectivity index (χ3v) is 4.75. The minimum atomic E-state index is 0.0537. The molecule has 1 saturated heterocycles. The molecule has 0 aliphatic carbocycles. The summed E-state index contributed by atoms with van der Waals surface area (Å²) in [4.78, 5) is 18.9. The van der Waals surface area contributed by atoms with E-state index in [1.807, 2.05) is 29.2 Å². The molecule has 1 aliphatic heterocycles. The molecule has 0 radical (unpaired) electrons. The van der Waals surface area contributed by atoms with Crippen LogP contribution in [0.25, 0.3) is 0 Å². The molecule has 6 heteroatoms. The molecule has 2 heterocycles. The van der Waals surface area contributed by atoms with Crippen molar-refractivity contribution < 1.29 is 14.3 Å². The summed E-state index contributed by atoms with van der Waals surface area (Å²) in [6, 6.07) is 9.14. The fourth-order valence-corrected chi connectivity index (χ4v) is 3.03. The van der Waals surface area contributed by atoms with Crippen molar-refractivity contribution in [1.82, 2.24) is 9.88 Å². The summed E-state index contributed by atoms with van der Waals surface area (Å²) in [5.74, 6) is 2.78. The molecule has 0 saturated carbocycles. The quantitative estimate of drug-likeness (QED) is 0.886. The smallest absolute Gasteiger partial charge is 0.255 e. The molecule has 2 aromatic rings. The van der Waals surface area contributed by atoms with Gasteiger partial charge in [-0.15, -0.1) is 0 Å². The number of hydrogen-bond acceptors (Lipinski definition) is 5. The predicted octanol–water partition coefficient (Wildman–Crippen LogP) is 3.71. The maximum atomic E-state index is 12.6. The lowest BCUT2D eigenvalue weighted by atomic mass is 9.99. The van der Waals surface area contributed by atoms with Crippen molar-refractivity contribution in [2.45, 2.75) is 19.8 Å². The SMILES string of the molecule is COc1ccc(Nc2ccc(C(=O)N3CCC(C)CC3)cn2)c(OC)c1. The number of anilines is 2. The highest BCUT2D eigenvalue weighted by Gasteiger charge is 2.21. The number of hydrogen-bond donors (Lipinski definition) is 1. The molecule has 1 aromatic carbocycles.